The summed E-state index contributed by atoms with van der Waals surface area (Å²) >= 11 is 6.20. The molecule has 1 fully saturated rings. The Morgan fingerprint density at radius 2 is 2.00 bits per heavy atom. The Hall–Kier alpha value is -1.24. The van der Waals surface area contributed by atoms with Gasteiger partial charge in [0.25, 0.3) is 0 Å². The van der Waals surface area contributed by atoms with Gasteiger partial charge in [-0.25, -0.2) is 0 Å². The Balaban J connectivity index is 2.25. The molecule has 1 heterocycles. The molecule has 1 aromatic carbocycles. The number of morpholine rings is 1. The quantitative estimate of drug-likeness (QED) is 0.769. The first-order valence-electron chi connectivity index (χ1n) is 5.70. The van der Waals surface area contributed by atoms with Gasteiger partial charge in [-0.1, -0.05) is 11.6 Å². The highest BCUT2D eigenvalue weighted by Gasteiger charge is 2.23. The van der Waals surface area contributed by atoms with E-state index in [0.717, 1.165) is 18.8 Å². The van der Waals surface area contributed by atoms with Crippen molar-refractivity contribution in [2.45, 2.75) is 26.1 Å². The van der Waals surface area contributed by atoms with Gasteiger partial charge in [0.2, 0.25) is 0 Å². The maximum atomic E-state index is 8.81. The van der Waals surface area contributed by atoms with E-state index in [1.54, 1.807) is 12.1 Å². The lowest BCUT2D eigenvalue weighted by Crippen LogP contribution is -2.45. The van der Waals surface area contributed by atoms with Gasteiger partial charge in [-0.15, -0.1) is 0 Å². The maximum Gasteiger partial charge on any atom is 0.0992 e. The van der Waals surface area contributed by atoms with E-state index >= 15 is 0 Å². The Labute approximate surface area is 107 Å². The molecule has 0 saturated carbocycles. The van der Waals surface area contributed by atoms with Crippen LogP contribution in [0.4, 0.5) is 5.69 Å². The minimum absolute atomic E-state index is 0.200. The van der Waals surface area contributed by atoms with E-state index in [4.69, 9.17) is 21.6 Å². The molecule has 1 saturated heterocycles. The zero-order valence-electron chi connectivity index (χ0n) is 9.98. The molecule has 2 rings (SSSR count). The van der Waals surface area contributed by atoms with Gasteiger partial charge in [0.1, 0.15) is 0 Å². The molecule has 90 valence electrons. The highest BCUT2D eigenvalue weighted by atomic mass is 35.5. The lowest BCUT2D eigenvalue weighted by Gasteiger charge is -2.37. The largest absolute Gasteiger partial charge is 0.372 e. The first-order valence-corrected chi connectivity index (χ1v) is 6.08. The van der Waals surface area contributed by atoms with Crippen LogP contribution in [0.25, 0.3) is 0 Å². The summed E-state index contributed by atoms with van der Waals surface area (Å²) < 4.78 is 5.69. The van der Waals surface area contributed by atoms with E-state index in [0.29, 0.717) is 10.6 Å². The van der Waals surface area contributed by atoms with E-state index in [9.17, 15) is 0 Å². The predicted octanol–water partition coefficient (Wildman–Crippen LogP) is 2.83. The molecule has 0 aliphatic carbocycles. The van der Waals surface area contributed by atoms with Crippen molar-refractivity contribution in [1.82, 2.24) is 0 Å². The van der Waals surface area contributed by atoms with Crippen LogP contribution in [0.1, 0.15) is 19.4 Å². The van der Waals surface area contributed by atoms with E-state index in [2.05, 4.69) is 24.8 Å². The highest BCUT2D eigenvalue weighted by molar-refractivity contribution is 6.33. The van der Waals surface area contributed by atoms with Crippen molar-refractivity contribution >= 4 is 17.3 Å². The van der Waals surface area contributed by atoms with Gasteiger partial charge >= 0.3 is 0 Å². The number of hydrogen-bond acceptors (Lipinski definition) is 3. The van der Waals surface area contributed by atoms with Crippen LogP contribution >= 0.6 is 11.6 Å². The van der Waals surface area contributed by atoms with E-state index in [1.165, 1.54) is 0 Å². The van der Waals surface area contributed by atoms with Gasteiger partial charge in [0.15, 0.2) is 0 Å². The van der Waals surface area contributed by atoms with Crippen LogP contribution in [0.5, 0.6) is 0 Å². The summed E-state index contributed by atoms with van der Waals surface area (Å²) in [5.41, 5.74) is 1.57. The van der Waals surface area contributed by atoms with E-state index < -0.39 is 0 Å². The number of halogens is 1. The molecule has 0 aromatic heterocycles. The first-order chi connectivity index (χ1) is 8.10. The average molecular weight is 251 g/mol. The van der Waals surface area contributed by atoms with Gasteiger partial charge < -0.3 is 9.64 Å². The number of benzene rings is 1. The summed E-state index contributed by atoms with van der Waals surface area (Å²) in [5.74, 6) is 0. The minimum atomic E-state index is 0.200. The molecule has 1 aromatic rings. The Kier molecular flexibility index (Phi) is 3.56. The van der Waals surface area contributed by atoms with E-state index in [-0.39, 0.29) is 12.2 Å². The Morgan fingerprint density at radius 3 is 2.53 bits per heavy atom. The average Bonchev–Trinajstić information content (AvgIpc) is 2.27. The second kappa shape index (κ2) is 4.95. The third-order valence-electron chi connectivity index (χ3n) is 2.84. The van der Waals surface area contributed by atoms with Crippen molar-refractivity contribution in [3.63, 3.8) is 0 Å². The summed E-state index contributed by atoms with van der Waals surface area (Å²) in [6.45, 7) is 5.77. The van der Waals surface area contributed by atoms with Crippen molar-refractivity contribution in [2.24, 2.45) is 0 Å². The van der Waals surface area contributed by atoms with Crippen LogP contribution in [0.3, 0.4) is 0 Å². The predicted molar refractivity (Wildman–Crippen MR) is 68.4 cm³/mol. The van der Waals surface area contributed by atoms with Crippen molar-refractivity contribution in [3.8, 4) is 6.07 Å². The molecule has 0 radical (unpaired) electrons. The number of nitriles is 1. The van der Waals surface area contributed by atoms with Crippen LogP contribution in [-0.2, 0) is 4.74 Å². The molecule has 1 aliphatic rings. The Morgan fingerprint density at radius 1 is 1.35 bits per heavy atom. The summed E-state index contributed by atoms with van der Waals surface area (Å²) in [4.78, 5) is 2.21. The van der Waals surface area contributed by atoms with Crippen LogP contribution in [0, 0.1) is 11.3 Å². The van der Waals surface area contributed by atoms with Gasteiger partial charge in [-0.05, 0) is 32.0 Å². The molecule has 0 amide bonds. The fourth-order valence-electron chi connectivity index (χ4n) is 2.21. The number of rotatable bonds is 1. The smallest absolute Gasteiger partial charge is 0.0992 e. The van der Waals surface area contributed by atoms with Gasteiger partial charge in [-0.2, -0.15) is 5.26 Å². The van der Waals surface area contributed by atoms with Crippen LogP contribution in [0.15, 0.2) is 18.2 Å². The van der Waals surface area contributed by atoms with Gasteiger partial charge in [0.05, 0.1) is 34.6 Å². The molecule has 2 atom stereocenters. The summed E-state index contributed by atoms with van der Waals surface area (Å²) in [5, 5.41) is 9.44. The molecule has 0 bridgehead atoms. The lowest BCUT2D eigenvalue weighted by molar-refractivity contribution is -0.00520. The van der Waals surface area contributed by atoms with E-state index in [1.807, 2.05) is 6.07 Å². The molecular weight excluding hydrogens is 236 g/mol. The zero-order valence-corrected chi connectivity index (χ0v) is 10.7. The number of hydrogen-bond donors (Lipinski definition) is 0. The lowest BCUT2D eigenvalue weighted by atomic mass is 10.1. The SMILES string of the molecule is CC1CN(c2ccc(C#N)cc2Cl)CC(C)O1. The van der Waals surface area contributed by atoms with Crippen molar-refractivity contribution in [1.29, 1.82) is 5.26 Å². The molecule has 4 heteroatoms. The Bertz CT molecular complexity index is 445. The van der Waals surface area contributed by atoms with Crippen molar-refractivity contribution in [2.75, 3.05) is 18.0 Å². The molecular formula is C13H15ClN2O. The standard InChI is InChI=1S/C13H15ClN2O/c1-9-7-16(8-10(2)17-9)13-4-3-11(6-15)5-12(13)14/h3-5,9-10H,7-8H2,1-2H3. The van der Waals surface area contributed by atoms with Crippen LogP contribution in [-0.4, -0.2) is 25.3 Å². The van der Waals surface area contributed by atoms with Crippen LogP contribution < -0.4 is 4.90 Å². The summed E-state index contributed by atoms with van der Waals surface area (Å²) in [6.07, 6.45) is 0.399. The third-order valence-corrected chi connectivity index (χ3v) is 3.14. The molecule has 3 nitrogen and oxygen atoms in total. The normalized spacial score (nSPS) is 24.5. The maximum absolute atomic E-state index is 8.81. The fourth-order valence-corrected chi connectivity index (χ4v) is 2.51. The van der Waals surface area contributed by atoms with Gasteiger partial charge in [0, 0.05) is 13.1 Å². The second-order valence-electron chi connectivity index (χ2n) is 4.44. The van der Waals surface area contributed by atoms with Crippen LogP contribution in [0.2, 0.25) is 5.02 Å². The first kappa shape index (κ1) is 12.2. The molecule has 17 heavy (non-hydrogen) atoms. The van der Waals surface area contributed by atoms with Crippen molar-refractivity contribution in [3.05, 3.63) is 28.8 Å². The fraction of sp³-hybridized carbons (Fsp3) is 0.462. The second-order valence-corrected chi connectivity index (χ2v) is 4.85. The van der Waals surface area contributed by atoms with Gasteiger partial charge in [-0.3, -0.25) is 0 Å². The summed E-state index contributed by atoms with van der Waals surface area (Å²) in [7, 11) is 0. The number of ether oxygens (including phenoxy) is 1. The monoisotopic (exact) mass is 250 g/mol. The molecule has 0 spiro atoms. The highest BCUT2D eigenvalue weighted by Crippen LogP contribution is 2.29. The number of anilines is 1. The molecule has 1 aliphatic heterocycles. The number of nitrogens with zero attached hydrogens (tertiary/aromatic N) is 2. The molecule has 0 N–H and O–H groups in total. The third kappa shape index (κ3) is 2.71. The molecule has 2 unspecified atom stereocenters. The zero-order chi connectivity index (χ0) is 12.4. The van der Waals surface area contributed by atoms with Crippen molar-refractivity contribution < 1.29 is 4.74 Å². The minimum Gasteiger partial charge on any atom is -0.372 e. The summed E-state index contributed by atoms with van der Waals surface area (Å²) in [6, 6.07) is 7.50. The topological polar surface area (TPSA) is 36.3 Å².